The van der Waals surface area contributed by atoms with Gasteiger partial charge in [0.1, 0.15) is 31.3 Å². The van der Waals surface area contributed by atoms with E-state index in [1.807, 2.05) is 0 Å². The molecule has 2 saturated carbocycles. The van der Waals surface area contributed by atoms with Crippen LogP contribution in [0.1, 0.15) is 73.7 Å². The molecule has 2 heterocycles. The molecule has 0 spiro atoms. The van der Waals surface area contributed by atoms with Crippen molar-refractivity contribution in [2.45, 2.75) is 70.9 Å². The molecule has 0 aliphatic heterocycles. The summed E-state index contributed by atoms with van der Waals surface area (Å²) in [6.07, 6.45) is 2.63. The Morgan fingerprint density at radius 2 is 1.24 bits per heavy atom. The monoisotopic (exact) mass is 996 g/mol. The van der Waals surface area contributed by atoms with E-state index in [9.17, 15) is 47.4 Å². The number of rotatable bonds is 19. The Hall–Kier alpha value is -7.62. The van der Waals surface area contributed by atoms with E-state index in [4.69, 9.17) is 28.2 Å². The Kier molecular flexibility index (Phi) is 16.2. The summed E-state index contributed by atoms with van der Waals surface area (Å²) < 4.78 is 31.0. The predicted molar refractivity (Wildman–Crippen MR) is 254 cm³/mol. The standard InChI is InChI=1S/C25H28FN5O4.C24H23ClFN5O5/c1-15-5-4-6-17(23(15)26)11-28-21(33)12-30(18-9-16(10-18)14-32)22(34)13-31-20-8-3-2-7-19(20)24(29-31)25(27)35;25-17-3-1-2-14(22(17)26)9-28-20(34)10-30(15-5-6-15)21(35)11-31-18-7-4-13(19(33)12-32)8-16(18)23(29-31)24(27)36/h2-8,16,18,32H,9-14H2,1H3,(H2,27,35)(H,28,33);1-4,7-8,15,32H,5-6,9-12H2,(H2,27,36)(H,28,34). The van der Waals surface area contributed by atoms with E-state index in [1.54, 1.807) is 55.5 Å². The number of amides is 6. The number of benzene rings is 4. The van der Waals surface area contributed by atoms with E-state index in [-0.39, 0.29) is 109 Å². The smallest absolute Gasteiger partial charge is 0.269 e. The van der Waals surface area contributed by atoms with Crippen LogP contribution in [0.2, 0.25) is 5.02 Å². The molecule has 0 bridgehead atoms. The molecule has 6 amide bonds. The Balaban J connectivity index is 0.000000209. The van der Waals surface area contributed by atoms with Crippen LogP contribution in [-0.4, -0.2) is 119 Å². The molecule has 8 rings (SSSR count). The number of nitrogens with two attached hydrogens (primary N) is 2. The molecule has 2 aliphatic carbocycles. The maximum Gasteiger partial charge on any atom is 0.269 e. The van der Waals surface area contributed by atoms with Gasteiger partial charge in [-0.2, -0.15) is 10.2 Å². The topological polar surface area (TPSA) is 278 Å². The molecule has 0 radical (unpaired) electrons. The van der Waals surface area contributed by atoms with E-state index in [1.165, 1.54) is 49.5 Å². The molecule has 19 nitrogen and oxygen atoms in total. The molecule has 2 aromatic heterocycles. The van der Waals surface area contributed by atoms with E-state index in [0.717, 1.165) is 12.8 Å². The van der Waals surface area contributed by atoms with Gasteiger partial charge in [0.05, 0.1) is 29.1 Å². The third kappa shape index (κ3) is 12.0. The third-order valence-electron chi connectivity index (χ3n) is 12.3. The second-order valence-electron chi connectivity index (χ2n) is 17.3. The predicted octanol–water partition coefficient (Wildman–Crippen LogP) is 2.91. The second-order valence-corrected chi connectivity index (χ2v) is 17.7. The minimum Gasteiger partial charge on any atom is -0.396 e. The normalized spacial score (nSPS) is 15.0. The number of carbonyl (C=O) groups excluding carboxylic acids is 7. The van der Waals surface area contributed by atoms with Crippen molar-refractivity contribution >= 4 is 74.6 Å². The summed E-state index contributed by atoms with van der Waals surface area (Å²) in [4.78, 5) is 90.2. The first kappa shape index (κ1) is 51.2. The van der Waals surface area contributed by atoms with Gasteiger partial charge in [0.2, 0.25) is 23.6 Å². The van der Waals surface area contributed by atoms with Crippen molar-refractivity contribution in [1.82, 2.24) is 40.0 Å². The summed E-state index contributed by atoms with van der Waals surface area (Å²) >= 11 is 5.77. The molecule has 4 aromatic carbocycles. The number of Topliss-reactive ketones (excluding diaryl/α,β-unsaturated/α-hetero) is 1. The van der Waals surface area contributed by atoms with E-state index >= 15 is 0 Å². The van der Waals surface area contributed by atoms with Gasteiger partial charge in [0.25, 0.3) is 11.8 Å². The van der Waals surface area contributed by atoms with Crippen molar-refractivity contribution in [1.29, 1.82) is 0 Å². The maximum atomic E-state index is 14.3. The van der Waals surface area contributed by atoms with Gasteiger partial charge in [-0.1, -0.05) is 60.1 Å². The van der Waals surface area contributed by atoms with Crippen molar-refractivity contribution in [3.8, 4) is 0 Å². The van der Waals surface area contributed by atoms with Crippen molar-refractivity contribution in [2.75, 3.05) is 26.3 Å². The highest BCUT2D eigenvalue weighted by Gasteiger charge is 2.37. The fourth-order valence-corrected chi connectivity index (χ4v) is 8.48. The summed E-state index contributed by atoms with van der Waals surface area (Å²) in [5.41, 5.74) is 13.0. The molecule has 22 heteroatoms. The zero-order chi connectivity index (χ0) is 51.1. The molecule has 372 valence electrons. The van der Waals surface area contributed by atoms with Gasteiger partial charge in [-0.3, -0.25) is 42.9 Å². The second kappa shape index (κ2) is 22.4. The van der Waals surface area contributed by atoms with Gasteiger partial charge in [-0.05, 0) is 74.4 Å². The molecular formula is C49H51ClF2N10O9. The van der Waals surface area contributed by atoms with Gasteiger partial charge < -0.3 is 42.1 Å². The Morgan fingerprint density at radius 1 is 0.704 bits per heavy atom. The lowest BCUT2D eigenvalue weighted by atomic mass is 9.80. The summed E-state index contributed by atoms with van der Waals surface area (Å²) in [5, 5.41) is 33.0. The van der Waals surface area contributed by atoms with E-state index in [2.05, 4.69) is 20.8 Å². The fraction of sp³-hybridized carbons (Fsp3) is 0.327. The van der Waals surface area contributed by atoms with Crippen LogP contribution in [0.15, 0.2) is 78.9 Å². The number of nitrogens with zero attached hydrogens (tertiary/aromatic N) is 6. The van der Waals surface area contributed by atoms with Crippen LogP contribution < -0.4 is 22.1 Å². The van der Waals surface area contributed by atoms with Crippen LogP contribution in [0.5, 0.6) is 0 Å². The highest BCUT2D eigenvalue weighted by molar-refractivity contribution is 6.30. The SMILES string of the molecule is Cc1cccc(CNC(=O)CN(C(=O)Cn2nc(C(N)=O)c3ccccc32)C2CC(CO)C2)c1F.NC(=O)c1nn(CC(=O)N(CC(=O)NCc2cccc(Cl)c2F)C2CC2)c2ccc(C(=O)CO)cc12. The number of halogens is 3. The summed E-state index contributed by atoms with van der Waals surface area (Å²) in [5.74, 6) is -4.64. The van der Waals surface area contributed by atoms with Gasteiger partial charge in [-0.15, -0.1) is 0 Å². The summed E-state index contributed by atoms with van der Waals surface area (Å²) in [6, 6.07) is 20.4. The number of para-hydroxylation sites is 1. The summed E-state index contributed by atoms with van der Waals surface area (Å²) in [6.45, 7) is -0.0205. The van der Waals surface area contributed by atoms with Crippen molar-refractivity contribution < 1.29 is 52.6 Å². The highest BCUT2D eigenvalue weighted by atomic mass is 35.5. The lowest BCUT2D eigenvalue weighted by molar-refractivity contribution is -0.142. The quantitative estimate of drug-likeness (QED) is 0.0642. The Labute approximate surface area is 409 Å². The number of aryl methyl sites for hydroxylation is 1. The van der Waals surface area contributed by atoms with Crippen molar-refractivity contribution in [3.05, 3.63) is 129 Å². The molecule has 2 fully saturated rings. The first-order valence-corrected chi connectivity index (χ1v) is 22.9. The molecule has 6 aromatic rings. The van der Waals surface area contributed by atoms with Gasteiger partial charge in [0.15, 0.2) is 17.2 Å². The number of hydrogen-bond acceptors (Lipinski definition) is 11. The molecule has 0 atom stereocenters. The van der Waals surface area contributed by atoms with Crippen LogP contribution >= 0.6 is 11.6 Å². The van der Waals surface area contributed by atoms with E-state index < -0.39 is 47.7 Å². The largest absolute Gasteiger partial charge is 0.396 e. The average Bonchev–Trinajstić information content (AvgIpc) is 4.03. The minimum absolute atomic E-state index is 0.00404. The van der Waals surface area contributed by atoms with Crippen molar-refractivity contribution in [3.63, 3.8) is 0 Å². The maximum absolute atomic E-state index is 14.3. The van der Waals surface area contributed by atoms with Gasteiger partial charge in [-0.25, -0.2) is 8.78 Å². The molecule has 8 N–H and O–H groups in total. The minimum atomic E-state index is -0.841. The average molecular weight is 997 g/mol. The van der Waals surface area contributed by atoms with Crippen LogP contribution in [0.3, 0.4) is 0 Å². The number of hydrogen-bond donors (Lipinski definition) is 6. The van der Waals surface area contributed by atoms with Crippen LogP contribution in [0.4, 0.5) is 8.78 Å². The number of primary amides is 2. The molecule has 2 aliphatic rings. The number of aliphatic hydroxyl groups excluding tert-OH is 2. The number of nitrogens with one attached hydrogen (secondary N) is 2. The fourth-order valence-electron chi connectivity index (χ4n) is 8.28. The number of aliphatic hydroxyl groups is 2. The lowest BCUT2D eigenvalue weighted by Crippen LogP contribution is -2.53. The van der Waals surface area contributed by atoms with Gasteiger partial charge >= 0.3 is 0 Å². The van der Waals surface area contributed by atoms with Crippen LogP contribution in [0, 0.1) is 24.5 Å². The molecule has 71 heavy (non-hydrogen) atoms. The van der Waals surface area contributed by atoms with Crippen LogP contribution in [0.25, 0.3) is 21.8 Å². The lowest BCUT2D eigenvalue weighted by Gasteiger charge is -2.42. The van der Waals surface area contributed by atoms with Crippen molar-refractivity contribution in [2.24, 2.45) is 17.4 Å². The number of aromatic nitrogens is 4. The third-order valence-corrected chi connectivity index (χ3v) is 12.6. The highest BCUT2D eigenvalue weighted by Crippen LogP contribution is 2.32. The molecule has 0 unspecified atom stereocenters. The van der Waals surface area contributed by atoms with E-state index in [0.29, 0.717) is 40.4 Å². The Bertz CT molecular complexity index is 3040. The molecular weight excluding hydrogens is 946 g/mol. The molecule has 0 saturated heterocycles. The number of fused-ring (bicyclic) bond motifs is 2. The Morgan fingerprint density at radius 3 is 1.80 bits per heavy atom. The zero-order valence-corrected chi connectivity index (χ0v) is 39.2. The van der Waals surface area contributed by atoms with Crippen LogP contribution in [-0.2, 0) is 45.4 Å². The van der Waals surface area contributed by atoms with Gasteiger partial charge in [0, 0.05) is 59.2 Å². The number of carbonyl (C=O) groups is 7. The zero-order valence-electron chi connectivity index (χ0n) is 38.4. The summed E-state index contributed by atoms with van der Waals surface area (Å²) in [7, 11) is 0. The first-order chi connectivity index (χ1) is 34.0. The first-order valence-electron chi connectivity index (χ1n) is 22.6. The number of ketones is 1.